The van der Waals surface area contributed by atoms with Gasteiger partial charge in [0.05, 0.1) is 12.8 Å². The summed E-state index contributed by atoms with van der Waals surface area (Å²) in [7, 11) is 3.62. The Labute approximate surface area is 96.5 Å². The predicted octanol–water partition coefficient (Wildman–Crippen LogP) is 1.83. The van der Waals surface area contributed by atoms with Crippen molar-refractivity contribution in [2.75, 3.05) is 25.6 Å². The number of benzene rings is 1. The van der Waals surface area contributed by atoms with Crippen LogP contribution >= 0.6 is 0 Å². The third-order valence-corrected chi connectivity index (χ3v) is 2.47. The van der Waals surface area contributed by atoms with E-state index in [0.29, 0.717) is 0 Å². The Morgan fingerprint density at radius 2 is 2.19 bits per heavy atom. The third kappa shape index (κ3) is 2.66. The predicted molar refractivity (Wildman–Crippen MR) is 67.6 cm³/mol. The Morgan fingerprint density at radius 3 is 2.69 bits per heavy atom. The van der Waals surface area contributed by atoms with Crippen LogP contribution in [0.4, 0.5) is 5.69 Å². The van der Waals surface area contributed by atoms with Crippen molar-refractivity contribution in [1.82, 2.24) is 0 Å². The second kappa shape index (κ2) is 5.39. The fraction of sp³-hybridized carbons (Fsp3) is 0.417. The Morgan fingerprint density at radius 1 is 1.50 bits per heavy atom. The summed E-state index contributed by atoms with van der Waals surface area (Å²) in [5, 5.41) is 7.54. The van der Waals surface area contributed by atoms with Crippen molar-refractivity contribution in [3.63, 3.8) is 0 Å². The summed E-state index contributed by atoms with van der Waals surface area (Å²) < 4.78 is 5.18. The van der Waals surface area contributed by atoms with Gasteiger partial charge in [0.2, 0.25) is 0 Å². The first-order chi connectivity index (χ1) is 7.60. The summed E-state index contributed by atoms with van der Waals surface area (Å²) in [4.78, 5) is 2.08. The molecule has 16 heavy (non-hydrogen) atoms. The van der Waals surface area contributed by atoms with Crippen molar-refractivity contribution in [2.24, 2.45) is 5.73 Å². The molecule has 0 aliphatic heterocycles. The van der Waals surface area contributed by atoms with Gasteiger partial charge in [0.1, 0.15) is 11.6 Å². The van der Waals surface area contributed by atoms with Crippen LogP contribution in [0.15, 0.2) is 18.2 Å². The average Bonchev–Trinajstić information content (AvgIpc) is 2.28. The van der Waals surface area contributed by atoms with Gasteiger partial charge in [0.15, 0.2) is 0 Å². The van der Waals surface area contributed by atoms with E-state index < -0.39 is 0 Å². The van der Waals surface area contributed by atoms with Crippen LogP contribution < -0.4 is 15.4 Å². The molecule has 0 amide bonds. The first-order valence-electron chi connectivity index (χ1n) is 5.33. The average molecular weight is 221 g/mol. The molecule has 0 atom stereocenters. The molecule has 0 bridgehead atoms. The molecule has 0 aliphatic carbocycles. The molecule has 0 heterocycles. The molecule has 88 valence electrons. The highest BCUT2D eigenvalue weighted by Gasteiger charge is 2.10. The van der Waals surface area contributed by atoms with E-state index in [2.05, 4.69) is 11.8 Å². The second-order valence-corrected chi connectivity index (χ2v) is 3.72. The summed E-state index contributed by atoms with van der Waals surface area (Å²) >= 11 is 0. The maximum Gasteiger partial charge on any atom is 0.124 e. The lowest BCUT2D eigenvalue weighted by Crippen LogP contribution is -2.23. The first kappa shape index (κ1) is 12.4. The molecule has 1 aromatic carbocycles. The zero-order chi connectivity index (χ0) is 12.1. The number of nitrogens with two attached hydrogens (primary N) is 1. The lowest BCUT2D eigenvalue weighted by atomic mass is 10.1. The lowest BCUT2D eigenvalue weighted by Gasteiger charge is -2.22. The van der Waals surface area contributed by atoms with Crippen LogP contribution in [0.5, 0.6) is 5.75 Å². The van der Waals surface area contributed by atoms with E-state index in [1.807, 2.05) is 25.2 Å². The number of ether oxygens (including phenoxy) is 1. The van der Waals surface area contributed by atoms with Crippen LogP contribution in [0.3, 0.4) is 0 Å². The van der Waals surface area contributed by atoms with Gasteiger partial charge in [-0.25, -0.2) is 0 Å². The van der Waals surface area contributed by atoms with Crippen molar-refractivity contribution in [2.45, 2.75) is 13.3 Å². The summed E-state index contributed by atoms with van der Waals surface area (Å²) in [6, 6.07) is 5.55. The van der Waals surface area contributed by atoms with Crippen LogP contribution in [0.2, 0.25) is 0 Å². The van der Waals surface area contributed by atoms with E-state index in [0.717, 1.165) is 30.0 Å². The Hall–Kier alpha value is -1.71. The Bertz CT molecular complexity index is 377. The van der Waals surface area contributed by atoms with E-state index >= 15 is 0 Å². The second-order valence-electron chi connectivity index (χ2n) is 3.72. The zero-order valence-corrected chi connectivity index (χ0v) is 10.1. The molecule has 0 saturated heterocycles. The highest BCUT2D eigenvalue weighted by atomic mass is 16.5. The normalized spacial score (nSPS) is 9.94. The van der Waals surface area contributed by atoms with Gasteiger partial charge in [-0.15, -0.1) is 0 Å². The van der Waals surface area contributed by atoms with Gasteiger partial charge in [0.25, 0.3) is 0 Å². The highest BCUT2D eigenvalue weighted by molar-refractivity contribution is 6.00. The largest absolute Gasteiger partial charge is 0.497 e. The topological polar surface area (TPSA) is 62.3 Å². The van der Waals surface area contributed by atoms with Crippen molar-refractivity contribution in [3.8, 4) is 5.75 Å². The van der Waals surface area contributed by atoms with Crippen molar-refractivity contribution in [1.29, 1.82) is 5.41 Å². The molecule has 0 fully saturated rings. The molecule has 0 spiro atoms. The molecule has 1 aromatic rings. The summed E-state index contributed by atoms with van der Waals surface area (Å²) in [5.41, 5.74) is 7.24. The number of rotatable bonds is 5. The van der Waals surface area contributed by atoms with Crippen LogP contribution in [0.25, 0.3) is 0 Å². The number of anilines is 1. The summed E-state index contributed by atoms with van der Waals surface area (Å²) in [6.07, 6.45) is 1.05. The fourth-order valence-electron chi connectivity index (χ4n) is 1.64. The van der Waals surface area contributed by atoms with Gasteiger partial charge in [-0.2, -0.15) is 0 Å². The van der Waals surface area contributed by atoms with E-state index in [-0.39, 0.29) is 5.84 Å². The quantitative estimate of drug-likeness (QED) is 0.589. The van der Waals surface area contributed by atoms with Crippen molar-refractivity contribution >= 4 is 11.5 Å². The van der Waals surface area contributed by atoms with Crippen LogP contribution in [-0.4, -0.2) is 26.5 Å². The fourth-order valence-corrected chi connectivity index (χ4v) is 1.64. The maximum absolute atomic E-state index is 7.54. The first-order valence-corrected chi connectivity index (χ1v) is 5.33. The number of nitrogen functional groups attached to an aromatic ring is 1. The van der Waals surface area contributed by atoms with Gasteiger partial charge in [0, 0.05) is 25.2 Å². The monoisotopic (exact) mass is 221 g/mol. The molecule has 3 N–H and O–H groups in total. The van der Waals surface area contributed by atoms with E-state index in [9.17, 15) is 0 Å². The number of nitrogens with zero attached hydrogens (tertiary/aromatic N) is 1. The molecule has 4 nitrogen and oxygen atoms in total. The number of hydrogen-bond acceptors (Lipinski definition) is 3. The minimum absolute atomic E-state index is 0.0839. The van der Waals surface area contributed by atoms with Gasteiger partial charge < -0.3 is 15.4 Å². The molecule has 0 radical (unpaired) electrons. The third-order valence-electron chi connectivity index (χ3n) is 2.47. The van der Waals surface area contributed by atoms with Gasteiger partial charge in [-0.05, 0) is 18.6 Å². The van der Waals surface area contributed by atoms with E-state index in [1.165, 1.54) is 0 Å². The minimum atomic E-state index is 0.0839. The zero-order valence-electron chi connectivity index (χ0n) is 10.1. The van der Waals surface area contributed by atoms with E-state index in [4.69, 9.17) is 15.9 Å². The van der Waals surface area contributed by atoms with Crippen LogP contribution in [-0.2, 0) is 0 Å². The molecule has 0 aliphatic rings. The Kier molecular flexibility index (Phi) is 4.17. The lowest BCUT2D eigenvalue weighted by molar-refractivity contribution is 0.415. The molecular formula is C12H19N3O. The van der Waals surface area contributed by atoms with Crippen molar-refractivity contribution < 1.29 is 4.74 Å². The van der Waals surface area contributed by atoms with Crippen molar-refractivity contribution in [3.05, 3.63) is 23.8 Å². The van der Waals surface area contributed by atoms with E-state index in [1.54, 1.807) is 7.11 Å². The molecule has 0 saturated carbocycles. The van der Waals surface area contributed by atoms with Crippen LogP contribution in [0.1, 0.15) is 18.9 Å². The minimum Gasteiger partial charge on any atom is -0.497 e. The number of nitrogens with one attached hydrogen (secondary N) is 1. The SMILES string of the molecule is CCCN(C)c1cc(OC)ccc1C(=N)N. The van der Waals surface area contributed by atoms with Gasteiger partial charge in [-0.1, -0.05) is 6.92 Å². The van der Waals surface area contributed by atoms with Gasteiger partial charge in [-0.3, -0.25) is 5.41 Å². The molecular weight excluding hydrogens is 202 g/mol. The molecule has 1 rings (SSSR count). The summed E-state index contributed by atoms with van der Waals surface area (Å²) in [5.74, 6) is 0.864. The molecule has 0 aromatic heterocycles. The molecule has 4 heteroatoms. The smallest absolute Gasteiger partial charge is 0.124 e. The number of methoxy groups -OCH3 is 1. The summed E-state index contributed by atoms with van der Waals surface area (Å²) in [6.45, 7) is 3.04. The Balaban J connectivity index is 3.14. The standard InChI is InChI=1S/C12H19N3O/c1-4-7-15(2)11-8-9(16-3)5-6-10(11)12(13)14/h5-6,8H,4,7H2,1-3H3,(H3,13,14). The van der Waals surface area contributed by atoms with Gasteiger partial charge >= 0.3 is 0 Å². The maximum atomic E-state index is 7.54. The number of hydrogen-bond donors (Lipinski definition) is 2. The molecule has 0 unspecified atom stereocenters. The van der Waals surface area contributed by atoms with Crippen LogP contribution in [0, 0.1) is 5.41 Å². The highest BCUT2D eigenvalue weighted by Crippen LogP contribution is 2.25. The number of amidine groups is 1.